The lowest BCUT2D eigenvalue weighted by Gasteiger charge is -2.22. The van der Waals surface area contributed by atoms with Crippen molar-refractivity contribution >= 4 is 17.6 Å². The number of nitrogens with zero attached hydrogens (tertiary/aromatic N) is 2. The maximum Gasteiger partial charge on any atom is 0.321 e. The quantitative estimate of drug-likeness (QED) is 0.840. The van der Waals surface area contributed by atoms with Crippen LogP contribution in [0.15, 0.2) is 47.1 Å². The van der Waals surface area contributed by atoms with Gasteiger partial charge in [0, 0.05) is 30.9 Å². The molecule has 2 N–H and O–H groups in total. The van der Waals surface area contributed by atoms with Crippen LogP contribution >= 0.6 is 0 Å². The zero-order valence-corrected chi connectivity index (χ0v) is 14.4. The van der Waals surface area contributed by atoms with E-state index in [1.165, 1.54) is 0 Å². The molecule has 1 aliphatic heterocycles. The number of rotatable bonds is 6. The van der Waals surface area contributed by atoms with Crippen molar-refractivity contribution in [3.63, 3.8) is 0 Å². The molecule has 1 aliphatic rings. The zero-order chi connectivity index (χ0) is 17.8. The van der Waals surface area contributed by atoms with Crippen molar-refractivity contribution in [1.29, 1.82) is 0 Å². The molecule has 1 atom stereocenters. The fraction of sp³-hybridized carbons (Fsp3) is 0.333. The summed E-state index contributed by atoms with van der Waals surface area (Å²) in [4.78, 5) is 27.9. The van der Waals surface area contributed by atoms with Crippen molar-refractivity contribution in [3.8, 4) is 0 Å². The summed E-state index contributed by atoms with van der Waals surface area (Å²) in [5.74, 6) is 0.618. The van der Waals surface area contributed by atoms with E-state index in [0.717, 1.165) is 11.4 Å². The molecule has 1 saturated heterocycles. The smallest absolute Gasteiger partial charge is 0.321 e. The molecule has 132 valence electrons. The van der Waals surface area contributed by atoms with Crippen LogP contribution in [0.25, 0.3) is 0 Å². The van der Waals surface area contributed by atoms with Crippen LogP contribution in [0, 0.1) is 0 Å². The van der Waals surface area contributed by atoms with E-state index in [4.69, 9.17) is 4.42 Å². The van der Waals surface area contributed by atoms with E-state index in [9.17, 15) is 9.59 Å². The lowest BCUT2D eigenvalue weighted by molar-refractivity contribution is 0.0939. The summed E-state index contributed by atoms with van der Waals surface area (Å²) in [5.41, 5.74) is 1.24. The van der Waals surface area contributed by atoms with Gasteiger partial charge in [-0.3, -0.25) is 14.6 Å². The number of amides is 3. The van der Waals surface area contributed by atoms with E-state index in [1.807, 2.05) is 37.2 Å². The van der Waals surface area contributed by atoms with Crippen LogP contribution in [-0.2, 0) is 0 Å². The van der Waals surface area contributed by atoms with Gasteiger partial charge in [-0.2, -0.15) is 0 Å². The molecule has 7 heteroatoms. The third-order valence-corrected chi connectivity index (χ3v) is 4.23. The molecule has 2 aromatic rings. The third-order valence-electron chi connectivity index (χ3n) is 4.23. The second kappa shape index (κ2) is 7.40. The molecule has 1 aromatic heterocycles. The molecule has 0 spiro atoms. The summed E-state index contributed by atoms with van der Waals surface area (Å²) in [6.45, 7) is 1.64. The molecule has 25 heavy (non-hydrogen) atoms. The Morgan fingerprint density at radius 3 is 2.84 bits per heavy atom. The van der Waals surface area contributed by atoms with Gasteiger partial charge in [0.25, 0.3) is 5.91 Å². The van der Waals surface area contributed by atoms with E-state index in [2.05, 4.69) is 10.6 Å². The molecular weight excluding hydrogens is 320 g/mol. The topological polar surface area (TPSA) is 77.8 Å². The molecule has 1 aromatic carbocycles. The minimum absolute atomic E-state index is 0.0495. The van der Waals surface area contributed by atoms with E-state index in [-0.39, 0.29) is 18.0 Å². The lowest BCUT2D eigenvalue weighted by Crippen LogP contribution is -2.34. The highest BCUT2D eigenvalue weighted by atomic mass is 16.3. The fourth-order valence-corrected chi connectivity index (χ4v) is 2.84. The SMILES string of the molecule is CN(C)C(CNC(=O)c1cccc(N2CCNC2=O)c1)c1ccco1. The number of carbonyl (C=O) groups is 2. The van der Waals surface area contributed by atoms with E-state index >= 15 is 0 Å². The highest BCUT2D eigenvalue weighted by Crippen LogP contribution is 2.20. The van der Waals surface area contributed by atoms with Gasteiger partial charge in [0.2, 0.25) is 0 Å². The standard InChI is InChI=1S/C18H22N4O3/c1-21(2)15(16-7-4-10-25-16)12-20-17(23)13-5-3-6-14(11-13)22-9-8-19-18(22)24/h3-7,10-11,15H,8-9,12H2,1-2H3,(H,19,24)(H,20,23). The average Bonchev–Trinajstić information content (AvgIpc) is 3.26. The Morgan fingerprint density at radius 2 is 2.20 bits per heavy atom. The summed E-state index contributed by atoms with van der Waals surface area (Å²) in [6, 6.07) is 10.6. The first-order chi connectivity index (χ1) is 12.1. The van der Waals surface area contributed by atoms with E-state index < -0.39 is 0 Å². The normalized spacial score (nSPS) is 15.3. The van der Waals surface area contributed by atoms with Crippen LogP contribution in [0.1, 0.15) is 22.2 Å². The summed E-state index contributed by atoms with van der Waals surface area (Å²) < 4.78 is 5.45. The van der Waals surface area contributed by atoms with Crippen LogP contribution in [-0.4, -0.2) is 50.6 Å². The number of hydrogen-bond donors (Lipinski definition) is 2. The van der Waals surface area contributed by atoms with Gasteiger partial charge in [-0.25, -0.2) is 4.79 Å². The minimum atomic E-state index is -0.181. The van der Waals surface area contributed by atoms with Crippen LogP contribution in [0.5, 0.6) is 0 Å². The van der Waals surface area contributed by atoms with Crippen molar-refractivity contribution in [1.82, 2.24) is 15.5 Å². The Hall–Kier alpha value is -2.80. The first-order valence-corrected chi connectivity index (χ1v) is 8.19. The van der Waals surface area contributed by atoms with Crippen molar-refractivity contribution in [2.75, 3.05) is 38.6 Å². The highest BCUT2D eigenvalue weighted by Gasteiger charge is 2.22. The molecule has 0 bridgehead atoms. The maximum atomic E-state index is 12.5. The van der Waals surface area contributed by atoms with Crippen LogP contribution < -0.4 is 15.5 Å². The number of hydrogen-bond acceptors (Lipinski definition) is 4. The Labute approximate surface area is 146 Å². The Bertz CT molecular complexity index is 743. The van der Waals surface area contributed by atoms with Crippen molar-refractivity contribution in [2.45, 2.75) is 6.04 Å². The van der Waals surface area contributed by atoms with Gasteiger partial charge in [-0.1, -0.05) is 6.07 Å². The molecule has 3 amide bonds. The van der Waals surface area contributed by atoms with Gasteiger partial charge in [0.15, 0.2) is 0 Å². The Kier molecular flexibility index (Phi) is 5.04. The number of anilines is 1. The van der Waals surface area contributed by atoms with Gasteiger partial charge in [0.1, 0.15) is 5.76 Å². The summed E-state index contributed by atoms with van der Waals surface area (Å²) in [7, 11) is 3.87. The predicted molar refractivity (Wildman–Crippen MR) is 94.7 cm³/mol. The lowest BCUT2D eigenvalue weighted by atomic mass is 10.1. The number of benzene rings is 1. The second-order valence-electron chi connectivity index (χ2n) is 6.14. The van der Waals surface area contributed by atoms with Gasteiger partial charge >= 0.3 is 6.03 Å². The van der Waals surface area contributed by atoms with Crippen LogP contribution in [0.3, 0.4) is 0 Å². The molecule has 0 radical (unpaired) electrons. The molecule has 1 unspecified atom stereocenters. The molecule has 0 saturated carbocycles. The van der Waals surface area contributed by atoms with Crippen molar-refractivity contribution in [2.24, 2.45) is 0 Å². The first kappa shape index (κ1) is 17.0. The average molecular weight is 342 g/mol. The molecule has 7 nitrogen and oxygen atoms in total. The highest BCUT2D eigenvalue weighted by molar-refractivity contribution is 5.98. The molecule has 0 aliphatic carbocycles. The minimum Gasteiger partial charge on any atom is -0.468 e. The zero-order valence-electron chi connectivity index (χ0n) is 14.4. The van der Waals surface area contributed by atoms with E-state index in [1.54, 1.807) is 29.4 Å². The third kappa shape index (κ3) is 3.83. The second-order valence-corrected chi connectivity index (χ2v) is 6.14. The monoisotopic (exact) mass is 342 g/mol. The van der Waals surface area contributed by atoms with Crippen LogP contribution in [0.4, 0.5) is 10.5 Å². The number of furan rings is 1. The molecule has 3 rings (SSSR count). The van der Waals surface area contributed by atoms with Crippen molar-refractivity contribution in [3.05, 3.63) is 54.0 Å². The predicted octanol–water partition coefficient (Wildman–Crippen LogP) is 1.84. The van der Waals surface area contributed by atoms with E-state index in [0.29, 0.717) is 25.2 Å². The Morgan fingerprint density at radius 1 is 1.36 bits per heavy atom. The summed E-state index contributed by atoms with van der Waals surface area (Å²) in [6.07, 6.45) is 1.62. The van der Waals surface area contributed by atoms with Crippen LogP contribution in [0.2, 0.25) is 0 Å². The molecule has 2 heterocycles. The number of likely N-dealkylation sites (N-methyl/N-ethyl adjacent to an activating group) is 1. The first-order valence-electron chi connectivity index (χ1n) is 8.19. The summed E-state index contributed by atoms with van der Waals surface area (Å²) in [5, 5.41) is 5.69. The van der Waals surface area contributed by atoms with Gasteiger partial charge in [0.05, 0.1) is 12.3 Å². The molecular formula is C18H22N4O3. The largest absolute Gasteiger partial charge is 0.468 e. The Balaban J connectivity index is 1.68. The number of nitrogens with one attached hydrogen (secondary N) is 2. The van der Waals surface area contributed by atoms with Crippen molar-refractivity contribution < 1.29 is 14.0 Å². The van der Waals surface area contributed by atoms with Gasteiger partial charge in [-0.15, -0.1) is 0 Å². The maximum absolute atomic E-state index is 12.5. The van der Waals surface area contributed by atoms with Gasteiger partial charge < -0.3 is 15.1 Å². The number of carbonyl (C=O) groups excluding carboxylic acids is 2. The fourth-order valence-electron chi connectivity index (χ4n) is 2.84. The number of urea groups is 1. The van der Waals surface area contributed by atoms with Gasteiger partial charge in [-0.05, 0) is 44.4 Å². The molecule has 1 fully saturated rings. The summed E-state index contributed by atoms with van der Waals surface area (Å²) >= 11 is 0.